The van der Waals surface area contributed by atoms with Crippen LogP contribution in [-0.4, -0.2) is 12.1 Å². The Bertz CT molecular complexity index is 126. The summed E-state index contributed by atoms with van der Waals surface area (Å²) in [7, 11) is 0. The smallest absolute Gasteiger partial charge is 0.0958 e. The van der Waals surface area contributed by atoms with Crippen molar-refractivity contribution < 1.29 is 0 Å². The first-order valence-corrected chi connectivity index (χ1v) is 3.39. The van der Waals surface area contributed by atoms with E-state index in [9.17, 15) is 0 Å². The highest BCUT2D eigenvalue weighted by Gasteiger charge is 2.26. The summed E-state index contributed by atoms with van der Waals surface area (Å²) < 4.78 is 0. The van der Waals surface area contributed by atoms with Crippen molar-refractivity contribution in [3.63, 3.8) is 0 Å². The average Bonchev–Trinajstić information content (AvgIpc) is 2.13. The van der Waals surface area contributed by atoms with Gasteiger partial charge in [-0.3, -0.25) is 5.32 Å². The first-order valence-electron chi connectivity index (χ1n) is 3.39. The highest BCUT2D eigenvalue weighted by molar-refractivity contribution is 4.98. The Morgan fingerprint density at radius 3 is 2.44 bits per heavy atom. The molecule has 0 aromatic rings. The van der Waals surface area contributed by atoms with Crippen LogP contribution in [-0.2, 0) is 0 Å². The minimum absolute atomic E-state index is 0.106. The Morgan fingerprint density at radius 2 is 2.22 bits per heavy atom. The summed E-state index contributed by atoms with van der Waals surface area (Å²) in [6.07, 6.45) is 1.01. The third-order valence-electron chi connectivity index (χ3n) is 2.08. The summed E-state index contributed by atoms with van der Waals surface area (Å²) in [5.74, 6) is 0.662. The standard InChI is InChI=1S/C7H12N2/c1-5-3-7(4-8)9-6(5)2/h5-7,9H,3H2,1-2H3/t5?,6-,7-/m0/s1. The fraction of sp³-hybridized carbons (Fsp3) is 0.857. The van der Waals surface area contributed by atoms with Crippen LogP contribution in [0.15, 0.2) is 0 Å². The summed E-state index contributed by atoms with van der Waals surface area (Å²) in [6.45, 7) is 4.30. The van der Waals surface area contributed by atoms with Crippen molar-refractivity contribution in [3.8, 4) is 6.07 Å². The van der Waals surface area contributed by atoms with Crippen molar-refractivity contribution in [3.05, 3.63) is 0 Å². The van der Waals surface area contributed by atoms with Gasteiger partial charge in [0.2, 0.25) is 0 Å². The van der Waals surface area contributed by atoms with E-state index in [0.29, 0.717) is 12.0 Å². The molecule has 0 bridgehead atoms. The third kappa shape index (κ3) is 1.22. The first kappa shape index (κ1) is 6.57. The van der Waals surface area contributed by atoms with Gasteiger partial charge in [-0.25, -0.2) is 0 Å². The minimum atomic E-state index is 0.106. The molecule has 1 unspecified atom stereocenters. The van der Waals surface area contributed by atoms with Gasteiger partial charge in [0.1, 0.15) is 0 Å². The van der Waals surface area contributed by atoms with Crippen LogP contribution < -0.4 is 5.32 Å². The molecule has 1 aliphatic heterocycles. The summed E-state index contributed by atoms with van der Waals surface area (Å²) in [6, 6.07) is 2.84. The molecule has 1 N–H and O–H groups in total. The molecule has 50 valence electrons. The van der Waals surface area contributed by atoms with Crippen LogP contribution in [0.1, 0.15) is 20.3 Å². The van der Waals surface area contributed by atoms with Gasteiger partial charge in [-0.15, -0.1) is 0 Å². The van der Waals surface area contributed by atoms with Gasteiger partial charge < -0.3 is 0 Å². The van der Waals surface area contributed by atoms with E-state index in [4.69, 9.17) is 5.26 Å². The average molecular weight is 124 g/mol. The Balaban J connectivity index is 2.46. The van der Waals surface area contributed by atoms with Gasteiger partial charge in [0.25, 0.3) is 0 Å². The number of nitriles is 1. The molecule has 1 saturated heterocycles. The molecule has 1 heterocycles. The number of rotatable bonds is 0. The lowest BCUT2D eigenvalue weighted by Crippen LogP contribution is -2.26. The van der Waals surface area contributed by atoms with Gasteiger partial charge in [-0.1, -0.05) is 6.92 Å². The maximum absolute atomic E-state index is 8.49. The van der Waals surface area contributed by atoms with Gasteiger partial charge in [-0.05, 0) is 19.3 Å². The largest absolute Gasteiger partial charge is 0.299 e. The lowest BCUT2D eigenvalue weighted by Gasteiger charge is -2.05. The zero-order chi connectivity index (χ0) is 6.85. The van der Waals surface area contributed by atoms with Gasteiger partial charge >= 0.3 is 0 Å². The Kier molecular flexibility index (Phi) is 1.73. The molecule has 0 radical (unpaired) electrons. The molecule has 0 saturated carbocycles. The molecule has 2 heteroatoms. The summed E-state index contributed by atoms with van der Waals surface area (Å²) in [4.78, 5) is 0. The van der Waals surface area contributed by atoms with E-state index >= 15 is 0 Å². The molecule has 0 aliphatic carbocycles. The Labute approximate surface area is 55.9 Å². The fourth-order valence-electron chi connectivity index (χ4n) is 1.22. The number of hydrogen-bond donors (Lipinski definition) is 1. The van der Waals surface area contributed by atoms with Crippen LogP contribution in [0, 0.1) is 17.2 Å². The van der Waals surface area contributed by atoms with Crippen LogP contribution in [0.4, 0.5) is 0 Å². The van der Waals surface area contributed by atoms with Gasteiger partial charge in [0.15, 0.2) is 0 Å². The van der Waals surface area contributed by atoms with Gasteiger partial charge in [-0.2, -0.15) is 5.26 Å². The van der Waals surface area contributed by atoms with E-state index < -0.39 is 0 Å². The monoisotopic (exact) mass is 124 g/mol. The van der Waals surface area contributed by atoms with Gasteiger partial charge in [0, 0.05) is 6.04 Å². The molecular weight excluding hydrogens is 112 g/mol. The van der Waals surface area contributed by atoms with Crippen molar-refractivity contribution >= 4 is 0 Å². The molecule has 1 fully saturated rings. The van der Waals surface area contributed by atoms with Crippen molar-refractivity contribution in [2.24, 2.45) is 5.92 Å². The van der Waals surface area contributed by atoms with Crippen LogP contribution >= 0.6 is 0 Å². The molecule has 0 amide bonds. The predicted octanol–water partition coefficient (Wildman–Crippen LogP) is 0.896. The number of nitrogens with zero attached hydrogens (tertiary/aromatic N) is 1. The second-order valence-electron chi connectivity index (χ2n) is 2.85. The van der Waals surface area contributed by atoms with Crippen molar-refractivity contribution in [1.29, 1.82) is 5.26 Å². The lowest BCUT2D eigenvalue weighted by molar-refractivity contribution is 0.518. The minimum Gasteiger partial charge on any atom is -0.299 e. The molecule has 1 rings (SSSR count). The molecule has 0 aromatic carbocycles. The SMILES string of the molecule is CC1C[C@@H](C#N)N[C@H]1C. The fourth-order valence-corrected chi connectivity index (χ4v) is 1.22. The van der Waals surface area contributed by atoms with Gasteiger partial charge in [0.05, 0.1) is 12.1 Å². The maximum Gasteiger partial charge on any atom is 0.0958 e. The highest BCUT2D eigenvalue weighted by atomic mass is 15.0. The second kappa shape index (κ2) is 2.36. The van der Waals surface area contributed by atoms with Crippen LogP contribution in [0.5, 0.6) is 0 Å². The van der Waals surface area contributed by atoms with E-state index in [-0.39, 0.29) is 6.04 Å². The number of hydrogen-bond acceptors (Lipinski definition) is 2. The van der Waals surface area contributed by atoms with Crippen molar-refractivity contribution in [1.82, 2.24) is 5.32 Å². The Hall–Kier alpha value is -0.550. The number of nitrogens with one attached hydrogen (secondary N) is 1. The van der Waals surface area contributed by atoms with Crippen molar-refractivity contribution in [2.75, 3.05) is 0 Å². The van der Waals surface area contributed by atoms with Crippen LogP contribution in [0.3, 0.4) is 0 Å². The van der Waals surface area contributed by atoms with E-state index in [0.717, 1.165) is 6.42 Å². The molecule has 0 spiro atoms. The van der Waals surface area contributed by atoms with E-state index in [1.165, 1.54) is 0 Å². The topological polar surface area (TPSA) is 35.8 Å². The van der Waals surface area contributed by atoms with Crippen LogP contribution in [0.2, 0.25) is 0 Å². The molecule has 2 nitrogen and oxygen atoms in total. The third-order valence-corrected chi connectivity index (χ3v) is 2.08. The molecule has 1 aliphatic rings. The zero-order valence-corrected chi connectivity index (χ0v) is 5.89. The first-order chi connectivity index (χ1) is 4.24. The molecule has 9 heavy (non-hydrogen) atoms. The highest BCUT2D eigenvalue weighted by Crippen LogP contribution is 2.18. The quantitative estimate of drug-likeness (QED) is 0.520. The molecule has 0 aromatic heterocycles. The second-order valence-corrected chi connectivity index (χ2v) is 2.85. The molecule has 3 atom stereocenters. The Morgan fingerprint density at radius 1 is 1.56 bits per heavy atom. The normalized spacial score (nSPS) is 42.6. The van der Waals surface area contributed by atoms with E-state index in [2.05, 4.69) is 25.2 Å². The predicted molar refractivity (Wildman–Crippen MR) is 35.8 cm³/mol. The van der Waals surface area contributed by atoms with Crippen LogP contribution in [0.25, 0.3) is 0 Å². The maximum atomic E-state index is 8.49. The lowest BCUT2D eigenvalue weighted by atomic mass is 10.0. The summed E-state index contributed by atoms with van der Waals surface area (Å²) >= 11 is 0. The summed E-state index contributed by atoms with van der Waals surface area (Å²) in [5.41, 5.74) is 0. The molecular formula is C7H12N2. The van der Waals surface area contributed by atoms with E-state index in [1.54, 1.807) is 0 Å². The zero-order valence-electron chi connectivity index (χ0n) is 5.89. The van der Waals surface area contributed by atoms with Crippen molar-refractivity contribution in [2.45, 2.75) is 32.4 Å². The summed E-state index contributed by atoms with van der Waals surface area (Å²) in [5, 5.41) is 11.7. The van der Waals surface area contributed by atoms with E-state index in [1.807, 2.05) is 0 Å².